The summed E-state index contributed by atoms with van der Waals surface area (Å²) in [5, 5.41) is 19.3. The Morgan fingerprint density at radius 2 is 2.00 bits per heavy atom. The Labute approximate surface area is 75.3 Å². The third-order valence-corrected chi connectivity index (χ3v) is 1.65. The van der Waals surface area contributed by atoms with E-state index in [2.05, 4.69) is 6.58 Å². The van der Waals surface area contributed by atoms with Crippen molar-refractivity contribution in [2.45, 2.75) is 0 Å². The minimum Gasteiger partial charge on any atom is -0.391 e. The van der Waals surface area contributed by atoms with Gasteiger partial charge >= 0.3 is 0 Å². The van der Waals surface area contributed by atoms with Crippen molar-refractivity contribution in [2.24, 2.45) is 0 Å². The fourth-order valence-corrected chi connectivity index (χ4v) is 0.953. The first-order chi connectivity index (χ1) is 6.15. The lowest BCUT2D eigenvalue weighted by Gasteiger charge is -1.95. The van der Waals surface area contributed by atoms with Gasteiger partial charge in [0, 0.05) is 6.08 Å². The normalized spacial score (nSPS) is 16.2. The van der Waals surface area contributed by atoms with Crippen LogP contribution in [0.5, 0.6) is 0 Å². The molecule has 0 aromatic carbocycles. The van der Waals surface area contributed by atoms with Crippen molar-refractivity contribution in [1.82, 2.24) is 0 Å². The summed E-state index contributed by atoms with van der Waals surface area (Å²) in [4.78, 5) is 9.98. The average molecular weight is 179 g/mol. The predicted molar refractivity (Wildman–Crippen MR) is 48.5 cm³/mol. The van der Waals surface area contributed by atoms with Gasteiger partial charge < -0.3 is 5.11 Å². The summed E-state index contributed by atoms with van der Waals surface area (Å²) in [7, 11) is 0. The van der Waals surface area contributed by atoms with Crippen LogP contribution in [0.15, 0.2) is 47.7 Å². The molecule has 0 aromatic heterocycles. The van der Waals surface area contributed by atoms with Gasteiger partial charge in [0.05, 0.1) is 17.1 Å². The van der Waals surface area contributed by atoms with Crippen molar-refractivity contribution < 1.29 is 10.0 Å². The molecule has 4 nitrogen and oxygen atoms in total. The van der Waals surface area contributed by atoms with E-state index in [0.29, 0.717) is 11.1 Å². The van der Waals surface area contributed by atoms with Crippen LogP contribution in [0.2, 0.25) is 0 Å². The first kappa shape index (κ1) is 9.41. The maximum atomic E-state index is 10.5. The molecule has 0 spiro atoms. The molecule has 0 amide bonds. The lowest BCUT2D eigenvalue weighted by atomic mass is 10.2. The van der Waals surface area contributed by atoms with Crippen LogP contribution >= 0.6 is 0 Å². The minimum atomic E-state index is -0.523. The molecule has 1 rings (SSSR count). The van der Waals surface area contributed by atoms with E-state index >= 15 is 0 Å². The third kappa shape index (κ3) is 2.13. The molecule has 0 saturated heterocycles. The van der Waals surface area contributed by atoms with Gasteiger partial charge in [-0.1, -0.05) is 12.7 Å². The van der Waals surface area contributed by atoms with E-state index in [1.807, 2.05) is 0 Å². The highest BCUT2D eigenvalue weighted by molar-refractivity contribution is 5.42. The van der Waals surface area contributed by atoms with Crippen molar-refractivity contribution in [3.63, 3.8) is 0 Å². The minimum absolute atomic E-state index is 0.0857. The Morgan fingerprint density at radius 1 is 1.38 bits per heavy atom. The zero-order chi connectivity index (χ0) is 9.84. The van der Waals surface area contributed by atoms with E-state index in [1.165, 1.54) is 18.2 Å². The summed E-state index contributed by atoms with van der Waals surface area (Å²) >= 11 is 0. The Morgan fingerprint density at radius 3 is 2.54 bits per heavy atom. The van der Waals surface area contributed by atoms with Crippen molar-refractivity contribution in [1.29, 1.82) is 0 Å². The molecule has 13 heavy (non-hydrogen) atoms. The van der Waals surface area contributed by atoms with Crippen LogP contribution in [0.1, 0.15) is 0 Å². The zero-order valence-electron chi connectivity index (χ0n) is 6.93. The Kier molecular flexibility index (Phi) is 2.76. The number of aliphatic hydroxyl groups excluding tert-OH is 1. The average Bonchev–Trinajstić information content (AvgIpc) is 2.26. The van der Waals surface area contributed by atoms with Crippen LogP contribution in [0.3, 0.4) is 0 Å². The van der Waals surface area contributed by atoms with Crippen LogP contribution < -0.4 is 0 Å². The van der Waals surface area contributed by atoms with E-state index in [0.717, 1.165) is 0 Å². The molecule has 4 heteroatoms. The predicted octanol–water partition coefficient (Wildman–Crippen LogP) is 1.19. The van der Waals surface area contributed by atoms with Gasteiger partial charge in [-0.15, -0.1) is 0 Å². The van der Waals surface area contributed by atoms with Crippen molar-refractivity contribution in [3.05, 3.63) is 57.8 Å². The SMILES string of the molecule is C=C1C=CC(CO)=C([N+](=O)[O-])C=C1. The second kappa shape index (κ2) is 3.82. The van der Waals surface area contributed by atoms with E-state index in [1.54, 1.807) is 6.08 Å². The van der Waals surface area contributed by atoms with Crippen LogP contribution in [0, 0.1) is 10.1 Å². The van der Waals surface area contributed by atoms with Gasteiger partial charge in [0.1, 0.15) is 0 Å². The van der Waals surface area contributed by atoms with Crippen LogP contribution in [-0.2, 0) is 0 Å². The summed E-state index contributed by atoms with van der Waals surface area (Å²) in [6, 6.07) is 0. The number of hydrogen-bond acceptors (Lipinski definition) is 3. The van der Waals surface area contributed by atoms with E-state index in [4.69, 9.17) is 5.11 Å². The smallest absolute Gasteiger partial charge is 0.274 e. The van der Waals surface area contributed by atoms with Gasteiger partial charge in [0.25, 0.3) is 5.70 Å². The van der Waals surface area contributed by atoms with Gasteiger partial charge in [-0.2, -0.15) is 0 Å². The monoisotopic (exact) mass is 179 g/mol. The second-order valence-corrected chi connectivity index (χ2v) is 2.57. The fraction of sp³-hybridized carbons (Fsp3) is 0.111. The molecule has 0 fully saturated rings. The van der Waals surface area contributed by atoms with Crippen LogP contribution in [-0.4, -0.2) is 16.6 Å². The van der Waals surface area contributed by atoms with Crippen LogP contribution in [0.25, 0.3) is 0 Å². The second-order valence-electron chi connectivity index (χ2n) is 2.57. The topological polar surface area (TPSA) is 63.4 Å². The quantitative estimate of drug-likeness (QED) is 0.511. The number of rotatable bonds is 2. The first-order valence-electron chi connectivity index (χ1n) is 3.68. The highest BCUT2D eigenvalue weighted by Gasteiger charge is 2.13. The number of nitro groups is 1. The molecule has 0 heterocycles. The molecule has 0 aliphatic heterocycles. The molecule has 0 saturated carbocycles. The molecular weight excluding hydrogens is 170 g/mol. The van der Waals surface area contributed by atoms with E-state index in [-0.39, 0.29) is 12.3 Å². The maximum Gasteiger partial charge on any atom is 0.274 e. The highest BCUT2D eigenvalue weighted by atomic mass is 16.6. The maximum absolute atomic E-state index is 10.5. The summed E-state index contributed by atoms with van der Waals surface area (Å²) in [5.41, 5.74) is 0.875. The Balaban J connectivity index is 3.16. The molecule has 1 aliphatic carbocycles. The van der Waals surface area contributed by atoms with Crippen molar-refractivity contribution in [2.75, 3.05) is 6.61 Å². The summed E-state index contributed by atoms with van der Waals surface area (Å²) < 4.78 is 0. The standard InChI is InChI=1S/C9H9NO3/c1-7-2-4-8(6-11)9(5-3-7)10(12)13/h2-5,11H,1,6H2. The number of allylic oxidation sites excluding steroid dienone is 4. The number of aliphatic hydroxyl groups is 1. The number of nitrogens with zero attached hydrogens (tertiary/aromatic N) is 1. The molecule has 0 aromatic rings. The third-order valence-electron chi connectivity index (χ3n) is 1.65. The summed E-state index contributed by atoms with van der Waals surface area (Å²) in [6.07, 6.45) is 6.00. The van der Waals surface area contributed by atoms with Crippen molar-refractivity contribution in [3.8, 4) is 0 Å². The summed E-state index contributed by atoms with van der Waals surface area (Å²) in [5.74, 6) is 0. The Hall–Kier alpha value is -1.68. The lowest BCUT2D eigenvalue weighted by Crippen LogP contribution is -2.01. The van der Waals surface area contributed by atoms with Crippen LogP contribution in [0.4, 0.5) is 0 Å². The molecule has 1 N–H and O–H groups in total. The molecule has 0 bridgehead atoms. The first-order valence-corrected chi connectivity index (χ1v) is 3.68. The molecule has 68 valence electrons. The molecule has 0 radical (unpaired) electrons. The molecule has 0 unspecified atom stereocenters. The molecular formula is C9H9NO3. The molecule has 0 atom stereocenters. The van der Waals surface area contributed by atoms with Gasteiger partial charge in [0.2, 0.25) is 0 Å². The highest BCUT2D eigenvalue weighted by Crippen LogP contribution is 2.14. The summed E-state index contributed by atoms with van der Waals surface area (Å²) in [6.45, 7) is 3.29. The van der Waals surface area contributed by atoms with E-state index in [9.17, 15) is 10.1 Å². The van der Waals surface area contributed by atoms with Gasteiger partial charge in [-0.05, 0) is 17.7 Å². The zero-order valence-corrected chi connectivity index (χ0v) is 6.93. The number of hydrogen-bond donors (Lipinski definition) is 1. The fourth-order valence-electron chi connectivity index (χ4n) is 0.953. The van der Waals surface area contributed by atoms with Gasteiger partial charge in [-0.3, -0.25) is 10.1 Å². The van der Waals surface area contributed by atoms with Crippen molar-refractivity contribution >= 4 is 0 Å². The Bertz CT molecular complexity index is 337. The largest absolute Gasteiger partial charge is 0.391 e. The lowest BCUT2D eigenvalue weighted by molar-refractivity contribution is -0.420. The molecule has 1 aliphatic rings. The van der Waals surface area contributed by atoms with E-state index < -0.39 is 4.92 Å². The van der Waals surface area contributed by atoms with Gasteiger partial charge in [0.15, 0.2) is 0 Å². The van der Waals surface area contributed by atoms with Gasteiger partial charge in [-0.25, -0.2) is 0 Å².